The molecular formula is C7H5BF12O2. The number of alkyl halides is 12. The van der Waals surface area contributed by atoms with Gasteiger partial charge < -0.3 is 9.47 Å². The van der Waals surface area contributed by atoms with E-state index in [2.05, 4.69) is 9.47 Å². The SMILES string of the molecule is BC(OC(C(F)(F)F)C(F)(F)F)OC(C(F)(F)F)C(F)(F)F. The lowest BCUT2D eigenvalue weighted by molar-refractivity contribution is -0.376. The molecule has 0 spiro atoms. The van der Waals surface area contributed by atoms with E-state index in [1.54, 1.807) is 0 Å². The van der Waals surface area contributed by atoms with E-state index in [-0.39, 0.29) is 7.85 Å². The van der Waals surface area contributed by atoms with Gasteiger partial charge in [-0.15, -0.1) is 0 Å². The molecule has 0 aliphatic heterocycles. The van der Waals surface area contributed by atoms with Crippen molar-refractivity contribution in [3.63, 3.8) is 0 Å². The second-order valence-electron chi connectivity index (χ2n) is 3.77. The topological polar surface area (TPSA) is 18.5 Å². The smallest absolute Gasteiger partial charge is 0.340 e. The summed E-state index contributed by atoms with van der Waals surface area (Å²) in [6, 6.07) is 0. The van der Waals surface area contributed by atoms with Crippen LogP contribution in [0.2, 0.25) is 0 Å². The fraction of sp³-hybridized carbons (Fsp3) is 1.00. The van der Waals surface area contributed by atoms with Crippen LogP contribution in [0.5, 0.6) is 0 Å². The highest BCUT2D eigenvalue weighted by atomic mass is 19.4. The fourth-order valence-electron chi connectivity index (χ4n) is 1.10. The van der Waals surface area contributed by atoms with Crippen LogP contribution >= 0.6 is 0 Å². The molecule has 0 N–H and O–H groups in total. The maximum Gasteiger partial charge on any atom is 0.423 e. The molecule has 22 heavy (non-hydrogen) atoms. The molecule has 0 saturated heterocycles. The zero-order valence-electron chi connectivity index (χ0n) is 10.1. The Morgan fingerprint density at radius 1 is 0.500 bits per heavy atom. The van der Waals surface area contributed by atoms with Crippen molar-refractivity contribution in [1.29, 1.82) is 0 Å². The third-order valence-electron chi connectivity index (χ3n) is 1.84. The highest BCUT2D eigenvalue weighted by Crippen LogP contribution is 2.39. The molecule has 0 saturated carbocycles. The molecule has 0 aromatic heterocycles. The average Bonchev–Trinajstić information content (AvgIpc) is 2.15. The van der Waals surface area contributed by atoms with Crippen molar-refractivity contribution in [2.45, 2.75) is 43.1 Å². The van der Waals surface area contributed by atoms with Crippen LogP contribution < -0.4 is 0 Å². The molecule has 0 aromatic rings. The molecule has 0 aliphatic rings. The van der Waals surface area contributed by atoms with Crippen LogP contribution in [0.1, 0.15) is 0 Å². The first-order chi connectivity index (χ1) is 9.37. The molecule has 2 nitrogen and oxygen atoms in total. The Labute approximate surface area is 114 Å². The van der Waals surface area contributed by atoms with Crippen molar-refractivity contribution in [3.8, 4) is 0 Å². The minimum absolute atomic E-state index is 0.0367. The van der Waals surface area contributed by atoms with Crippen molar-refractivity contribution in [2.24, 2.45) is 0 Å². The van der Waals surface area contributed by atoms with Crippen LogP contribution in [0.25, 0.3) is 0 Å². The summed E-state index contributed by atoms with van der Waals surface area (Å²) in [5.41, 5.74) is 0. The molecule has 15 heteroatoms. The Bertz CT molecular complexity index is 292. The summed E-state index contributed by atoms with van der Waals surface area (Å²) >= 11 is 0. The van der Waals surface area contributed by atoms with Crippen LogP contribution in [0.3, 0.4) is 0 Å². The molecule has 0 radical (unpaired) electrons. The van der Waals surface area contributed by atoms with Crippen molar-refractivity contribution < 1.29 is 62.2 Å². The van der Waals surface area contributed by atoms with Crippen LogP contribution in [0, 0.1) is 0 Å². The standard InChI is InChI=1S/C7H5BF12O2/c8-3(21-1(4(9,10)11)5(12,13)14)22-2(6(15,16)17)7(18,19)20/h1-3H,8H2. The molecule has 0 bridgehead atoms. The summed E-state index contributed by atoms with van der Waals surface area (Å²) in [5, 5.41) is 0. The van der Waals surface area contributed by atoms with Crippen LogP contribution in [-0.2, 0) is 9.47 Å². The molecule has 0 amide bonds. The highest BCUT2D eigenvalue weighted by Gasteiger charge is 2.61. The van der Waals surface area contributed by atoms with Gasteiger partial charge in [0.2, 0.25) is 0 Å². The van der Waals surface area contributed by atoms with Crippen LogP contribution in [-0.4, -0.2) is 50.9 Å². The van der Waals surface area contributed by atoms with Crippen LogP contribution in [0.15, 0.2) is 0 Å². The molecule has 0 aromatic carbocycles. The van der Waals surface area contributed by atoms with Crippen LogP contribution in [0.4, 0.5) is 52.7 Å². The zero-order valence-corrected chi connectivity index (χ0v) is 10.1. The monoisotopic (exact) mass is 360 g/mol. The highest BCUT2D eigenvalue weighted by molar-refractivity contribution is 6.10. The van der Waals surface area contributed by atoms with Crippen molar-refractivity contribution >= 4 is 7.85 Å². The summed E-state index contributed by atoms with van der Waals surface area (Å²) in [5.74, 6) is 0. The summed E-state index contributed by atoms with van der Waals surface area (Å²) in [6.07, 6.45) is -36.7. The number of halogens is 12. The van der Waals surface area contributed by atoms with Gasteiger partial charge in [0.25, 0.3) is 12.2 Å². The predicted molar refractivity (Wildman–Crippen MR) is 46.3 cm³/mol. The molecule has 0 atom stereocenters. The first-order valence-corrected chi connectivity index (χ1v) is 4.94. The number of rotatable bonds is 4. The number of hydrogen-bond acceptors (Lipinski definition) is 2. The summed E-state index contributed by atoms with van der Waals surface area (Å²) < 4.78 is 151. The molecular weight excluding hydrogens is 355 g/mol. The minimum atomic E-state index is -6.11. The Hall–Kier alpha value is -0.855. The second kappa shape index (κ2) is 6.33. The Kier molecular flexibility index (Phi) is 6.09. The third-order valence-corrected chi connectivity index (χ3v) is 1.84. The summed E-state index contributed by atoms with van der Waals surface area (Å²) in [7, 11) is 0.0367. The van der Waals surface area contributed by atoms with Gasteiger partial charge in [-0.05, 0) is 0 Å². The normalized spacial score (nSPS) is 15.2. The molecule has 0 heterocycles. The Morgan fingerprint density at radius 3 is 0.818 bits per heavy atom. The van der Waals surface area contributed by atoms with E-state index in [1.165, 1.54) is 0 Å². The van der Waals surface area contributed by atoms with Crippen molar-refractivity contribution in [3.05, 3.63) is 0 Å². The minimum Gasteiger partial charge on any atom is -0.340 e. The maximum atomic E-state index is 12.0. The molecule has 0 fully saturated rings. The van der Waals surface area contributed by atoms with Gasteiger partial charge in [-0.1, -0.05) is 0 Å². The van der Waals surface area contributed by atoms with E-state index in [1.807, 2.05) is 0 Å². The van der Waals surface area contributed by atoms with E-state index in [0.717, 1.165) is 0 Å². The van der Waals surface area contributed by atoms with Crippen molar-refractivity contribution in [2.75, 3.05) is 0 Å². The van der Waals surface area contributed by atoms with Gasteiger partial charge in [-0.25, -0.2) is 0 Å². The second-order valence-corrected chi connectivity index (χ2v) is 3.77. The quantitative estimate of drug-likeness (QED) is 0.436. The predicted octanol–water partition coefficient (Wildman–Crippen LogP) is 2.92. The van der Waals surface area contributed by atoms with Gasteiger partial charge in [-0.3, -0.25) is 0 Å². The van der Waals surface area contributed by atoms with E-state index >= 15 is 0 Å². The lowest BCUT2D eigenvalue weighted by Crippen LogP contribution is -2.51. The van der Waals surface area contributed by atoms with Gasteiger partial charge in [0.05, 0.1) is 0 Å². The first kappa shape index (κ1) is 21.1. The van der Waals surface area contributed by atoms with E-state index in [9.17, 15) is 52.7 Å². The zero-order chi connectivity index (χ0) is 18.1. The number of hydrogen-bond donors (Lipinski definition) is 0. The summed E-state index contributed by atoms with van der Waals surface area (Å²) in [6.45, 7) is 0. The molecule has 0 aliphatic carbocycles. The van der Waals surface area contributed by atoms with E-state index < -0.39 is 43.1 Å². The lowest BCUT2D eigenvalue weighted by atomic mass is 10.1. The lowest BCUT2D eigenvalue weighted by Gasteiger charge is -2.30. The molecule has 0 unspecified atom stereocenters. The van der Waals surface area contributed by atoms with Gasteiger partial charge in [-0.2, -0.15) is 52.7 Å². The molecule has 0 rings (SSSR count). The first-order valence-electron chi connectivity index (χ1n) is 4.94. The number of ether oxygens (including phenoxy) is 2. The average molecular weight is 360 g/mol. The third kappa shape index (κ3) is 6.50. The van der Waals surface area contributed by atoms with Gasteiger partial charge in [0.1, 0.15) is 6.19 Å². The summed E-state index contributed by atoms with van der Waals surface area (Å²) in [4.78, 5) is 0. The fourth-order valence-corrected chi connectivity index (χ4v) is 1.10. The Balaban J connectivity index is 5.15. The maximum absolute atomic E-state index is 12.0. The van der Waals surface area contributed by atoms with E-state index in [4.69, 9.17) is 0 Å². The van der Waals surface area contributed by atoms with Gasteiger partial charge in [0, 0.05) is 0 Å². The van der Waals surface area contributed by atoms with Gasteiger partial charge >= 0.3 is 24.7 Å². The largest absolute Gasteiger partial charge is 0.423 e. The van der Waals surface area contributed by atoms with Crippen molar-refractivity contribution in [1.82, 2.24) is 0 Å². The van der Waals surface area contributed by atoms with Gasteiger partial charge in [0.15, 0.2) is 7.85 Å². The Morgan fingerprint density at radius 2 is 0.682 bits per heavy atom. The molecule has 132 valence electrons. The van der Waals surface area contributed by atoms with E-state index in [0.29, 0.717) is 0 Å².